The highest BCUT2D eigenvalue weighted by atomic mass is 19.1. The number of alkyl halides is 1. The molecule has 33 heavy (non-hydrogen) atoms. The number of carbonyl (C=O) groups excluding carboxylic acids is 1. The lowest BCUT2D eigenvalue weighted by molar-refractivity contribution is 0.0949. The lowest BCUT2D eigenvalue weighted by Gasteiger charge is -2.27. The maximum atomic E-state index is 13.2. The average molecular weight is 455 g/mol. The zero-order valence-electron chi connectivity index (χ0n) is 18.2. The first kappa shape index (κ1) is 21.4. The van der Waals surface area contributed by atoms with Crippen molar-refractivity contribution in [3.63, 3.8) is 0 Å². The van der Waals surface area contributed by atoms with Crippen LogP contribution in [0.3, 0.4) is 0 Å². The summed E-state index contributed by atoms with van der Waals surface area (Å²) in [4.78, 5) is 30.2. The third-order valence-electron chi connectivity index (χ3n) is 6.30. The van der Waals surface area contributed by atoms with Gasteiger partial charge in [0.25, 0.3) is 11.5 Å². The number of pyridine rings is 1. The molecule has 2 saturated carbocycles. The number of nitrogens with zero attached hydrogens (tertiary/aromatic N) is 4. The number of anilines is 3. The fourth-order valence-electron chi connectivity index (χ4n) is 4.29. The minimum absolute atomic E-state index is 0.0397. The molecule has 0 bridgehead atoms. The Balaban J connectivity index is 1.45. The highest BCUT2D eigenvalue weighted by molar-refractivity contribution is 6.00. The van der Waals surface area contributed by atoms with Crippen LogP contribution in [0.1, 0.15) is 48.5 Å². The predicted molar refractivity (Wildman–Crippen MR) is 121 cm³/mol. The lowest BCUT2D eigenvalue weighted by atomic mass is 9.93. The monoisotopic (exact) mass is 455 g/mol. The van der Waals surface area contributed by atoms with Gasteiger partial charge in [-0.3, -0.25) is 9.59 Å². The standard InChI is InChI=1S/C22H26FN7O3/c1-24-19-10-18(28-20-14(11-25-30(19)20)21(32)27-17-9-15(17)23)26-16-3-2-8-29(22(16)33)12-4-6-13(31)7-5-12/h2-3,8,10-13,15,17,24,31H,4-7,9H2,1H3,(H,26,28)(H,27,32)/t12-,13-,15-,17+/m1/s1. The SMILES string of the molecule is CNc1cc(Nc2cccn([C@H]3CC[C@H](O)CC3)c2=O)nc2c(C(=O)N[C@H]3C[C@H]3F)cnn12. The maximum absolute atomic E-state index is 13.2. The van der Waals surface area contributed by atoms with Crippen molar-refractivity contribution in [1.82, 2.24) is 24.5 Å². The summed E-state index contributed by atoms with van der Waals surface area (Å²) in [7, 11) is 1.71. The molecule has 2 aliphatic carbocycles. The first-order valence-electron chi connectivity index (χ1n) is 11.1. The van der Waals surface area contributed by atoms with Crippen molar-refractivity contribution >= 4 is 28.9 Å². The quantitative estimate of drug-likeness (QED) is 0.448. The van der Waals surface area contributed by atoms with E-state index in [9.17, 15) is 19.1 Å². The van der Waals surface area contributed by atoms with Crippen LogP contribution in [-0.4, -0.2) is 55.5 Å². The molecule has 2 fully saturated rings. The van der Waals surface area contributed by atoms with Crippen LogP contribution >= 0.6 is 0 Å². The molecular weight excluding hydrogens is 429 g/mol. The molecular formula is C22H26FN7O3. The fourth-order valence-corrected chi connectivity index (χ4v) is 4.29. The van der Waals surface area contributed by atoms with Crippen molar-refractivity contribution in [1.29, 1.82) is 0 Å². The Bertz CT molecular complexity index is 1250. The second kappa shape index (κ2) is 8.47. The third kappa shape index (κ3) is 4.15. The predicted octanol–water partition coefficient (Wildman–Crippen LogP) is 1.99. The molecule has 0 aliphatic heterocycles. The number of aromatic nitrogens is 4. The molecule has 174 valence electrons. The topological polar surface area (TPSA) is 126 Å². The molecule has 0 unspecified atom stereocenters. The summed E-state index contributed by atoms with van der Waals surface area (Å²) in [6.07, 6.45) is 5.00. The number of carbonyl (C=O) groups is 1. The lowest BCUT2D eigenvalue weighted by Crippen LogP contribution is -2.30. The molecule has 5 rings (SSSR count). The summed E-state index contributed by atoms with van der Waals surface area (Å²) in [6.45, 7) is 0. The van der Waals surface area contributed by atoms with Crippen LogP contribution in [0.15, 0.2) is 35.4 Å². The van der Waals surface area contributed by atoms with Crippen molar-refractivity contribution in [2.45, 2.75) is 56.5 Å². The molecule has 11 heteroatoms. The van der Waals surface area contributed by atoms with E-state index in [1.807, 2.05) is 0 Å². The van der Waals surface area contributed by atoms with Gasteiger partial charge in [0.2, 0.25) is 0 Å². The van der Waals surface area contributed by atoms with Crippen molar-refractivity contribution in [2.24, 2.45) is 0 Å². The van der Waals surface area contributed by atoms with E-state index in [1.54, 1.807) is 36.0 Å². The van der Waals surface area contributed by atoms with Gasteiger partial charge in [0.1, 0.15) is 29.1 Å². The molecule has 0 spiro atoms. The van der Waals surface area contributed by atoms with Gasteiger partial charge in [-0.2, -0.15) is 9.61 Å². The smallest absolute Gasteiger partial charge is 0.274 e. The van der Waals surface area contributed by atoms with Crippen molar-refractivity contribution in [3.8, 4) is 0 Å². The zero-order chi connectivity index (χ0) is 23.1. The van der Waals surface area contributed by atoms with E-state index in [4.69, 9.17) is 0 Å². The summed E-state index contributed by atoms with van der Waals surface area (Å²) < 4.78 is 16.4. The Morgan fingerprint density at radius 3 is 2.73 bits per heavy atom. The highest BCUT2D eigenvalue weighted by Crippen LogP contribution is 2.28. The Morgan fingerprint density at radius 2 is 2.03 bits per heavy atom. The average Bonchev–Trinajstić information content (AvgIpc) is 3.32. The van der Waals surface area contributed by atoms with Gasteiger partial charge < -0.3 is 25.6 Å². The Labute approximate surface area is 188 Å². The van der Waals surface area contributed by atoms with Crippen LogP contribution in [-0.2, 0) is 0 Å². The number of aliphatic hydroxyl groups excluding tert-OH is 1. The van der Waals surface area contributed by atoms with Gasteiger partial charge in [-0.15, -0.1) is 0 Å². The van der Waals surface area contributed by atoms with Gasteiger partial charge in [0, 0.05) is 31.8 Å². The summed E-state index contributed by atoms with van der Waals surface area (Å²) in [5, 5.41) is 22.7. The van der Waals surface area contributed by atoms with E-state index in [1.165, 1.54) is 10.7 Å². The van der Waals surface area contributed by atoms with Crippen LogP contribution in [0.25, 0.3) is 5.65 Å². The van der Waals surface area contributed by atoms with Crippen LogP contribution < -0.4 is 21.5 Å². The van der Waals surface area contributed by atoms with Crippen LogP contribution in [0.4, 0.5) is 21.7 Å². The van der Waals surface area contributed by atoms with E-state index in [0.29, 0.717) is 36.6 Å². The molecule has 10 nitrogen and oxygen atoms in total. The van der Waals surface area contributed by atoms with Gasteiger partial charge >= 0.3 is 0 Å². The molecule has 4 N–H and O–H groups in total. The van der Waals surface area contributed by atoms with E-state index in [0.717, 1.165) is 12.8 Å². The fraction of sp³-hybridized carbons (Fsp3) is 0.455. The first-order valence-corrected chi connectivity index (χ1v) is 11.1. The highest BCUT2D eigenvalue weighted by Gasteiger charge is 2.39. The second-order valence-electron chi connectivity index (χ2n) is 8.62. The van der Waals surface area contributed by atoms with E-state index >= 15 is 0 Å². The van der Waals surface area contributed by atoms with Crippen molar-refractivity contribution in [3.05, 3.63) is 46.5 Å². The van der Waals surface area contributed by atoms with Crippen molar-refractivity contribution < 1.29 is 14.3 Å². The molecule has 0 aromatic carbocycles. The summed E-state index contributed by atoms with van der Waals surface area (Å²) in [6, 6.07) is 4.74. The molecule has 1 amide bonds. The summed E-state index contributed by atoms with van der Waals surface area (Å²) in [5.74, 6) is 0.488. The Hall–Kier alpha value is -3.47. The molecule has 0 radical (unpaired) electrons. The van der Waals surface area contributed by atoms with Gasteiger partial charge in [-0.05, 0) is 37.8 Å². The zero-order valence-corrected chi connectivity index (χ0v) is 18.2. The number of hydrogen-bond acceptors (Lipinski definition) is 7. The third-order valence-corrected chi connectivity index (χ3v) is 6.30. The van der Waals surface area contributed by atoms with Gasteiger partial charge in [-0.1, -0.05) is 0 Å². The molecule has 2 atom stereocenters. The number of amides is 1. The summed E-state index contributed by atoms with van der Waals surface area (Å²) >= 11 is 0. The Kier molecular flexibility index (Phi) is 5.49. The minimum atomic E-state index is -1.01. The van der Waals surface area contributed by atoms with Crippen LogP contribution in [0.5, 0.6) is 0 Å². The molecule has 3 aromatic heterocycles. The molecule has 2 aliphatic rings. The largest absolute Gasteiger partial charge is 0.393 e. The molecule has 0 saturated heterocycles. The van der Waals surface area contributed by atoms with Crippen LogP contribution in [0.2, 0.25) is 0 Å². The van der Waals surface area contributed by atoms with Gasteiger partial charge in [0.15, 0.2) is 5.65 Å². The normalized spacial score (nSPS) is 24.5. The van der Waals surface area contributed by atoms with Crippen LogP contribution in [0, 0.1) is 0 Å². The number of fused-ring (bicyclic) bond motifs is 1. The van der Waals surface area contributed by atoms with E-state index < -0.39 is 18.1 Å². The second-order valence-corrected chi connectivity index (χ2v) is 8.62. The van der Waals surface area contributed by atoms with E-state index in [2.05, 4.69) is 26.0 Å². The Morgan fingerprint density at radius 1 is 1.27 bits per heavy atom. The molecule has 3 aromatic rings. The number of aliphatic hydroxyl groups is 1. The number of hydrogen-bond donors (Lipinski definition) is 4. The summed E-state index contributed by atoms with van der Waals surface area (Å²) in [5.41, 5.74) is 0.683. The first-order chi connectivity index (χ1) is 15.9. The number of halogens is 1. The molecule has 3 heterocycles. The number of nitrogens with one attached hydrogen (secondary N) is 3. The van der Waals surface area contributed by atoms with Crippen molar-refractivity contribution in [2.75, 3.05) is 17.7 Å². The maximum Gasteiger partial charge on any atom is 0.274 e. The van der Waals surface area contributed by atoms with E-state index in [-0.39, 0.29) is 28.9 Å². The van der Waals surface area contributed by atoms with Gasteiger partial charge in [0.05, 0.1) is 18.3 Å². The van der Waals surface area contributed by atoms with Gasteiger partial charge in [-0.25, -0.2) is 9.37 Å². The number of rotatable bonds is 6. The minimum Gasteiger partial charge on any atom is -0.393 e.